The van der Waals surface area contributed by atoms with Crippen LogP contribution in [0.2, 0.25) is 5.02 Å². The van der Waals surface area contributed by atoms with Gasteiger partial charge in [-0.1, -0.05) is 30.7 Å². The Morgan fingerprint density at radius 2 is 1.61 bits per heavy atom. The average molecular weight is 486 g/mol. The summed E-state index contributed by atoms with van der Waals surface area (Å²) in [7, 11) is -3.62. The van der Waals surface area contributed by atoms with Crippen molar-refractivity contribution in [1.82, 2.24) is 14.5 Å². The van der Waals surface area contributed by atoms with Crippen LogP contribution in [0.3, 0.4) is 0 Å². The molecule has 0 bridgehead atoms. The Morgan fingerprint density at radius 3 is 2.18 bits per heavy atom. The smallest absolute Gasteiger partial charge is 0.243 e. The molecule has 0 spiro atoms. The number of carbonyl (C=O) groups excluding carboxylic acids is 1. The summed E-state index contributed by atoms with van der Waals surface area (Å²) in [6, 6.07) is 17.4. The van der Waals surface area contributed by atoms with Crippen molar-refractivity contribution in [3.8, 4) is 11.3 Å². The van der Waals surface area contributed by atoms with Gasteiger partial charge in [-0.3, -0.25) is 4.79 Å². The Kier molecular flexibility index (Phi) is 6.92. The first-order valence-corrected chi connectivity index (χ1v) is 12.4. The van der Waals surface area contributed by atoms with Gasteiger partial charge in [0.05, 0.1) is 10.6 Å². The molecule has 172 valence electrons. The predicted molar refractivity (Wildman–Crippen MR) is 129 cm³/mol. The van der Waals surface area contributed by atoms with Crippen molar-refractivity contribution in [3.63, 3.8) is 0 Å². The molecule has 0 unspecified atom stereocenters. The Bertz CT molecular complexity index is 1210. The largest absolute Gasteiger partial charge is 0.352 e. The Balaban J connectivity index is 1.38. The molecule has 1 N–H and O–H groups in total. The lowest BCUT2D eigenvalue weighted by atomic mass is 10.1. The number of nitrogens with zero attached hydrogens (tertiary/aromatic N) is 4. The maximum absolute atomic E-state index is 13.0. The number of nitrogens with one attached hydrogen (secondary N) is 1. The molecule has 2 heterocycles. The summed E-state index contributed by atoms with van der Waals surface area (Å²) in [6.45, 7) is 3.47. The zero-order valence-corrected chi connectivity index (χ0v) is 19.7. The lowest BCUT2D eigenvalue weighted by Crippen LogP contribution is -2.49. The fourth-order valence-corrected chi connectivity index (χ4v) is 5.08. The number of amides is 1. The van der Waals surface area contributed by atoms with E-state index in [1.54, 1.807) is 31.2 Å². The fourth-order valence-electron chi connectivity index (χ4n) is 3.53. The maximum atomic E-state index is 13.0. The molecule has 1 amide bonds. The highest BCUT2D eigenvalue weighted by molar-refractivity contribution is 7.89. The van der Waals surface area contributed by atoms with E-state index in [4.69, 9.17) is 11.6 Å². The highest BCUT2D eigenvalue weighted by atomic mass is 35.5. The molecular weight excluding hydrogens is 462 g/mol. The number of halogens is 1. The number of benzene rings is 2. The number of hydrogen-bond donors (Lipinski definition) is 1. The molecule has 1 aliphatic heterocycles. The number of anilines is 2. The van der Waals surface area contributed by atoms with Gasteiger partial charge >= 0.3 is 0 Å². The summed E-state index contributed by atoms with van der Waals surface area (Å²) in [5.74, 6) is 0.590. The Morgan fingerprint density at radius 1 is 0.939 bits per heavy atom. The van der Waals surface area contributed by atoms with E-state index in [1.165, 1.54) is 16.4 Å². The van der Waals surface area contributed by atoms with E-state index >= 15 is 0 Å². The zero-order valence-electron chi connectivity index (χ0n) is 18.1. The molecule has 4 rings (SSSR count). The number of rotatable bonds is 6. The summed E-state index contributed by atoms with van der Waals surface area (Å²) in [6.07, 6.45) is 0.360. The maximum Gasteiger partial charge on any atom is 0.243 e. The number of hydrogen-bond acceptors (Lipinski definition) is 6. The second-order valence-electron chi connectivity index (χ2n) is 7.60. The van der Waals surface area contributed by atoms with E-state index < -0.39 is 10.0 Å². The molecule has 0 aliphatic carbocycles. The number of aromatic nitrogens is 2. The summed E-state index contributed by atoms with van der Waals surface area (Å²) < 4.78 is 27.5. The highest BCUT2D eigenvalue weighted by Crippen LogP contribution is 2.23. The van der Waals surface area contributed by atoms with Crippen molar-refractivity contribution < 1.29 is 13.2 Å². The third-order valence-electron chi connectivity index (χ3n) is 5.45. The van der Waals surface area contributed by atoms with Gasteiger partial charge in [-0.05, 0) is 48.5 Å². The summed E-state index contributed by atoms with van der Waals surface area (Å²) >= 11 is 5.93. The Labute approximate surface area is 198 Å². The van der Waals surface area contributed by atoms with Crippen LogP contribution in [-0.4, -0.2) is 55.0 Å². The molecule has 0 saturated carbocycles. The van der Waals surface area contributed by atoms with Crippen LogP contribution >= 0.6 is 11.6 Å². The molecule has 1 aliphatic rings. The SMILES string of the molecule is CCC(=O)Nc1ccc(S(=O)(=O)N2CCN(c3ccc(-c4ccc(Cl)cc4)nn3)CC2)cc1. The molecule has 33 heavy (non-hydrogen) atoms. The molecule has 1 saturated heterocycles. The van der Waals surface area contributed by atoms with Gasteiger partial charge in [0.1, 0.15) is 0 Å². The first-order valence-electron chi connectivity index (χ1n) is 10.6. The lowest BCUT2D eigenvalue weighted by Gasteiger charge is -2.34. The van der Waals surface area contributed by atoms with Crippen LogP contribution in [0, 0.1) is 0 Å². The minimum Gasteiger partial charge on any atom is -0.352 e. The molecule has 1 aromatic heterocycles. The monoisotopic (exact) mass is 485 g/mol. The number of carbonyl (C=O) groups is 1. The van der Waals surface area contributed by atoms with Crippen molar-refractivity contribution in [2.45, 2.75) is 18.2 Å². The third-order valence-corrected chi connectivity index (χ3v) is 7.61. The van der Waals surface area contributed by atoms with Crippen LogP contribution in [0.25, 0.3) is 11.3 Å². The van der Waals surface area contributed by atoms with Gasteiger partial charge < -0.3 is 10.2 Å². The van der Waals surface area contributed by atoms with Crippen LogP contribution in [0.1, 0.15) is 13.3 Å². The summed E-state index contributed by atoms with van der Waals surface area (Å²) in [4.78, 5) is 13.7. The van der Waals surface area contributed by atoms with E-state index in [0.717, 1.165) is 11.3 Å². The fraction of sp³-hybridized carbons (Fsp3) is 0.261. The van der Waals surface area contributed by atoms with Crippen LogP contribution in [0.15, 0.2) is 65.6 Å². The quantitative estimate of drug-likeness (QED) is 0.572. The van der Waals surface area contributed by atoms with Gasteiger partial charge in [0.2, 0.25) is 15.9 Å². The predicted octanol–water partition coefficient (Wildman–Crippen LogP) is 3.66. The van der Waals surface area contributed by atoms with Gasteiger partial charge in [0.15, 0.2) is 5.82 Å². The van der Waals surface area contributed by atoms with E-state index in [1.807, 2.05) is 29.2 Å². The minimum absolute atomic E-state index is 0.119. The van der Waals surface area contributed by atoms with Crippen molar-refractivity contribution in [2.75, 3.05) is 36.4 Å². The highest BCUT2D eigenvalue weighted by Gasteiger charge is 2.29. The van der Waals surface area contributed by atoms with Crippen LogP contribution in [0.4, 0.5) is 11.5 Å². The van der Waals surface area contributed by atoms with E-state index in [2.05, 4.69) is 15.5 Å². The molecule has 1 fully saturated rings. The summed E-state index contributed by atoms with van der Waals surface area (Å²) in [5, 5.41) is 12.0. The van der Waals surface area contributed by atoms with E-state index in [9.17, 15) is 13.2 Å². The second kappa shape index (κ2) is 9.86. The standard InChI is InChI=1S/C23H24ClN5O3S/c1-2-23(30)25-19-7-9-20(10-8-19)33(31,32)29-15-13-28(14-16-29)22-12-11-21(26-27-22)17-3-5-18(24)6-4-17/h3-12H,2,13-16H2,1H3,(H,25,30). The van der Waals surface area contributed by atoms with Crippen LogP contribution in [0.5, 0.6) is 0 Å². The average Bonchev–Trinajstić information content (AvgIpc) is 2.85. The minimum atomic E-state index is -3.62. The van der Waals surface area contributed by atoms with Crippen LogP contribution < -0.4 is 10.2 Å². The second-order valence-corrected chi connectivity index (χ2v) is 9.98. The molecule has 8 nitrogen and oxygen atoms in total. The van der Waals surface area contributed by atoms with Gasteiger partial charge in [0, 0.05) is 48.9 Å². The molecule has 3 aromatic rings. The van der Waals surface area contributed by atoms with Crippen molar-refractivity contribution in [3.05, 3.63) is 65.7 Å². The first-order chi connectivity index (χ1) is 15.9. The Hall–Kier alpha value is -3.01. The van der Waals surface area contributed by atoms with Gasteiger partial charge in [0.25, 0.3) is 0 Å². The van der Waals surface area contributed by atoms with Gasteiger partial charge in [-0.25, -0.2) is 8.42 Å². The van der Waals surface area contributed by atoms with Crippen LogP contribution in [-0.2, 0) is 14.8 Å². The molecule has 0 radical (unpaired) electrons. The van der Waals surface area contributed by atoms with Gasteiger partial charge in [-0.15, -0.1) is 10.2 Å². The lowest BCUT2D eigenvalue weighted by molar-refractivity contribution is -0.115. The molecular formula is C23H24ClN5O3S. The molecule has 2 aromatic carbocycles. The third kappa shape index (κ3) is 5.32. The normalized spacial score (nSPS) is 14.8. The summed E-state index contributed by atoms with van der Waals surface area (Å²) in [5.41, 5.74) is 2.25. The van der Waals surface area contributed by atoms with Crippen molar-refractivity contribution >= 4 is 39.0 Å². The zero-order chi connectivity index (χ0) is 23.4. The topological polar surface area (TPSA) is 95.5 Å². The first kappa shape index (κ1) is 23.2. The molecule has 10 heteroatoms. The number of piperazine rings is 1. The van der Waals surface area contributed by atoms with E-state index in [-0.39, 0.29) is 10.8 Å². The van der Waals surface area contributed by atoms with E-state index in [0.29, 0.717) is 49.1 Å². The van der Waals surface area contributed by atoms with Crippen molar-refractivity contribution in [1.29, 1.82) is 0 Å². The molecule has 0 atom stereocenters. The van der Waals surface area contributed by atoms with Crippen molar-refractivity contribution in [2.24, 2.45) is 0 Å². The number of sulfonamides is 1. The van der Waals surface area contributed by atoms with Gasteiger partial charge in [-0.2, -0.15) is 4.31 Å².